The fourth-order valence-electron chi connectivity index (χ4n) is 8.47. The van der Waals surface area contributed by atoms with Gasteiger partial charge in [0.15, 0.2) is 0 Å². The maximum absolute atomic E-state index is 14.4. The first-order valence-electron chi connectivity index (χ1n) is 21.3. The van der Waals surface area contributed by atoms with E-state index in [-0.39, 0.29) is 37.0 Å². The number of hydrogen-bond acceptors (Lipinski definition) is 8. The Labute approximate surface area is 343 Å². The molecule has 0 radical (unpaired) electrons. The number of amides is 4. The van der Waals surface area contributed by atoms with E-state index in [1.165, 1.54) is 0 Å². The number of esters is 1. The fourth-order valence-corrected chi connectivity index (χ4v) is 8.47. The molecule has 2 heterocycles. The topological polar surface area (TPSA) is 173 Å². The summed E-state index contributed by atoms with van der Waals surface area (Å²) in [6.07, 6.45) is 9.12. The van der Waals surface area contributed by atoms with Crippen molar-refractivity contribution >= 4 is 40.5 Å². The summed E-state index contributed by atoms with van der Waals surface area (Å²) in [6.45, 7) is 8.92. The van der Waals surface area contributed by atoms with Crippen molar-refractivity contribution in [1.29, 1.82) is 0 Å². The molecule has 0 spiro atoms. The van der Waals surface area contributed by atoms with E-state index < -0.39 is 53.9 Å². The Hall–Kier alpha value is -4.84. The van der Waals surface area contributed by atoms with E-state index >= 15 is 0 Å². The van der Waals surface area contributed by atoms with Gasteiger partial charge in [0.2, 0.25) is 17.7 Å². The summed E-state index contributed by atoms with van der Waals surface area (Å²) in [6, 6.07) is 17.7. The van der Waals surface area contributed by atoms with Gasteiger partial charge >= 0.3 is 5.97 Å². The minimum absolute atomic E-state index is 0.0623. The number of primary amides is 1. The molecule has 4 amide bonds. The van der Waals surface area contributed by atoms with Gasteiger partial charge in [-0.3, -0.25) is 28.9 Å². The molecule has 0 bridgehead atoms. The second-order valence-corrected chi connectivity index (χ2v) is 17.3. The van der Waals surface area contributed by atoms with E-state index in [2.05, 4.69) is 32.8 Å². The summed E-state index contributed by atoms with van der Waals surface area (Å²) in [5.41, 5.74) is 6.77. The molecule has 5 N–H and O–H groups in total. The van der Waals surface area contributed by atoms with Crippen LogP contribution in [-0.4, -0.2) is 82.3 Å². The molecular formula is C46H64N6O6. The number of pyridine rings is 1. The van der Waals surface area contributed by atoms with Crippen molar-refractivity contribution < 1.29 is 28.7 Å². The van der Waals surface area contributed by atoms with Gasteiger partial charge in [-0.05, 0) is 76.0 Å². The number of carbonyl (C=O) groups excluding carboxylic acids is 5. The quantitative estimate of drug-likeness (QED) is 0.0845. The zero-order valence-electron chi connectivity index (χ0n) is 34.8. The van der Waals surface area contributed by atoms with Crippen molar-refractivity contribution in [2.75, 3.05) is 13.1 Å². The molecule has 1 aromatic heterocycles. The third-order valence-electron chi connectivity index (χ3n) is 11.4. The smallest absolute Gasteiger partial charge is 0.306 e. The molecule has 2 aliphatic rings. The number of piperidine rings is 1. The van der Waals surface area contributed by atoms with Crippen molar-refractivity contribution in [3.05, 3.63) is 78.0 Å². The number of unbranched alkanes of at least 4 members (excludes halogenated alkanes) is 4. The summed E-state index contributed by atoms with van der Waals surface area (Å²) in [5.74, 6) is -1.67. The van der Waals surface area contributed by atoms with Crippen molar-refractivity contribution in [2.24, 2.45) is 17.6 Å². The van der Waals surface area contributed by atoms with E-state index in [0.29, 0.717) is 36.7 Å². The van der Waals surface area contributed by atoms with E-state index in [1.54, 1.807) is 18.2 Å². The number of nitrogens with one attached hydrogen (secondary N) is 3. The van der Waals surface area contributed by atoms with Gasteiger partial charge in [-0.2, -0.15) is 0 Å². The molecule has 6 atom stereocenters. The summed E-state index contributed by atoms with van der Waals surface area (Å²) in [5, 5.41) is 9.83. The SMILES string of the molecule is CCCCCCCC(=O)O[C@H](CN1C[C@H]2CCCC[C@H]2C[C@H]1C(=O)NC(C)(C)C)[C@H](Cc1ccccc1)NC(=O)[C@H](CC(N)=O)NC(=O)c1ccc2ccccc2n1. The van der Waals surface area contributed by atoms with Gasteiger partial charge in [0.1, 0.15) is 17.8 Å². The monoisotopic (exact) mass is 796 g/mol. The lowest BCUT2D eigenvalue weighted by atomic mass is 9.72. The van der Waals surface area contributed by atoms with Crippen LogP contribution >= 0.6 is 0 Å². The second-order valence-electron chi connectivity index (χ2n) is 17.3. The van der Waals surface area contributed by atoms with Crippen LogP contribution in [0.2, 0.25) is 0 Å². The van der Waals surface area contributed by atoms with Crippen molar-refractivity contribution in [3.63, 3.8) is 0 Å². The minimum atomic E-state index is -1.34. The number of nitrogens with two attached hydrogens (primary N) is 1. The highest BCUT2D eigenvalue weighted by Crippen LogP contribution is 2.39. The zero-order chi connectivity index (χ0) is 41.7. The number of benzene rings is 2. The first kappa shape index (κ1) is 44.3. The molecular weight excluding hydrogens is 733 g/mol. The molecule has 12 nitrogen and oxygen atoms in total. The number of hydrogen-bond donors (Lipinski definition) is 4. The maximum Gasteiger partial charge on any atom is 0.306 e. The normalized spacial score (nSPS) is 19.9. The van der Waals surface area contributed by atoms with Gasteiger partial charge in [-0.1, -0.05) is 106 Å². The van der Waals surface area contributed by atoms with Crippen LogP contribution < -0.4 is 21.7 Å². The Balaban J connectivity index is 1.46. The molecule has 58 heavy (non-hydrogen) atoms. The molecule has 2 fully saturated rings. The fraction of sp³-hybridized carbons (Fsp3) is 0.565. The number of likely N-dealkylation sites (tertiary alicyclic amines) is 1. The molecule has 5 rings (SSSR count). The standard InChI is InChI=1S/C46H64N6O6/c1-5-6-7-8-12-23-42(54)58-40(30-52-29-34-21-14-13-20-33(34)27-39(52)45(57)51-46(2,3)4)37(26-31-17-10-9-11-18-31)49-44(56)38(28-41(47)53)50-43(55)36-25-24-32-19-15-16-22-35(32)48-36/h9-11,15-19,22,24-25,33-34,37-40H,5-8,12-14,20-21,23,26-30H2,1-4H3,(H2,47,53)(H,49,56)(H,50,55)(H,51,57)/t33-,34+,37-,38-,39-,40+/m0/s1. The van der Waals surface area contributed by atoms with Gasteiger partial charge in [-0.15, -0.1) is 0 Å². The number of carbonyl (C=O) groups is 5. The summed E-state index contributed by atoms with van der Waals surface area (Å²) < 4.78 is 6.40. The summed E-state index contributed by atoms with van der Waals surface area (Å²) in [4.78, 5) is 74.7. The van der Waals surface area contributed by atoms with Gasteiger partial charge in [0, 0.05) is 30.4 Å². The van der Waals surface area contributed by atoms with Gasteiger partial charge in [-0.25, -0.2) is 4.98 Å². The Kier molecular flexibility index (Phi) is 16.2. The average Bonchev–Trinajstić information content (AvgIpc) is 3.19. The second kappa shape index (κ2) is 21.2. The highest BCUT2D eigenvalue weighted by Gasteiger charge is 2.43. The Morgan fingerprint density at radius 1 is 0.879 bits per heavy atom. The largest absolute Gasteiger partial charge is 0.459 e. The maximum atomic E-state index is 14.4. The van der Waals surface area contributed by atoms with Crippen molar-refractivity contribution in [2.45, 2.75) is 141 Å². The van der Waals surface area contributed by atoms with E-state index in [9.17, 15) is 24.0 Å². The lowest BCUT2D eigenvalue weighted by Crippen LogP contribution is -2.61. The first-order valence-corrected chi connectivity index (χ1v) is 21.3. The highest BCUT2D eigenvalue weighted by atomic mass is 16.5. The number of fused-ring (bicyclic) bond motifs is 2. The summed E-state index contributed by atoms with van der Waals surface area (Å²) in [7, 11) is 0. The predicted octanol–water partition coefficient (Wildman–Crippen LogP) is 6.00. The van der Waals surface area contributed by atoms with Crippen LogP contribution in [0.15, 0.2) is 66.7 Å². The first-order chi connectivity index (χ1) is 27.8. The van der Waals surface area contributed by atoms with E-state index in [1.807, 2.05) is 69.3 Å². The molecule has 1 aliphatic carbocycles. The number of aromatic nitrogens is 1. The van der Waals surface area contributed by atoms with Crippen LogP contribution in [0.1, 0.15) is 121 Å². The van der Waals surface area contributed by atoms with Gasteiger partial charge in [0.05, 0.1) is 24.0 Å². The Morgan fingerprint density at radius 2 is 1.59 bits per heavy atom. The van der Waals surface area contributed by atoms with Crippen LogP contribution in [0.3, 0.4) is 0 Å². The Bertz CT molecular complexity index is 1850. The van der Waals surface area contributed by atoms with Gasteiger partial charge < -0.3 is 26.4 Å². The number of rotatable bonds is 19. The lowest BCUT2D eigenvalue weighted by molar-refractivity contribution is -0.154. The molecule has 314 valence electrons. The summed E-state index contributed by atoms with van der Waals surface area (Å²) >= 11 is 0. The molecule has 3 aromatic rings. The van der Waals surface area contributed by atoms with Crippen LogP contribution in [-0.2, 0) is 30.3 Å². The molecule has 2 aromatic carbocycles. The number of nitrogens with zero attached hydrogens (tertiary/aromatic N) is 2. The van der Waals surface area contributed by atoms with Gasteiger partial charge in [0.25, 0.3) is 5.91 Å². The number of ether oxygens (including phenoxy) is 1. The highest BCUT2D eigenvalue weighted by molar-refractivity contribution is 5.99. The molecule has 1 aliphatic heterocycles. The minimum Gasteiger partial charge on any atom is -0.459 e. The van der Waals surface area contributed by atoms with Crippen LogP contribution in [0, 0.1) is 11.8 Å². The Morgan fingerprint density at radius 3 is 2.31 bits per heavy atom. The average molecular weight is 797 g/mol. The lowest BCUT2D eigenvalue weighted by Gasteiger charge is -2.47. The van der Waals surface area contributed by atoms with E-state index in [0.717, 1.165) is 62.3 Å². The molecule has 1 saturated carbocycles. The number of para-hydroxylation sites is 1. The third-order valence-corrected chi connectivity index (χ3v) is 11.4. The van der Waals surface area contributed by atoms with Crippen LogP contribution in [0.25, 0.3) is 10.9 Å². The molecule has 12 heteroatoms. The van der Waals surface area contributed by atoms with Crippen LogP contribution in [0.4, 0.5) is 0 Å². The third kappa shape index (κ3) is 13.4. The van der Waals surface area contributed by atoms with Crippen LogP contribution in [0.5, 0.6) is 0 Å². The molecule has 1 saturated heterocycles. The zero-order valence-corrected chi connectivity index (χ0v) is 34.8. The molecule has 0 unspecified atom stereocenters. The van der Waals surface area contributed by atoms with Crippen molar-refractivity contribution in [3.8, 4) is 0 Å². The predicted molar refractivity (Wildman–Crippen MR) is 225 cm³/mol. The van der Waals surface area contributed by atoms with E-state index in [4.69, 9.17) is 10.5 Å². The van der Waals surface area contributed by atoms with Crippen molar-refractivity contribution in [1.82, 2.24) is 25.8 Å².